The van der Waals surface area contributed by atoms with E-state index in [9.17, 15) is 9.59 Å². The third-order valence-corrected chi connectivity index (χ3v) is 9.13. The summed E-state index contributed by atoms with van der Waals surface area (Å²) in [6.07, 6.45) is 2.35. The van der Waals surface area contributed by atoms with E-state index >= 15 is 4.39 Å². The van der Waals surface area contributed by atoms with Crippen molar-refractivity contribution in [2.75, 3.05) is 91.0 Å². The lowest BCUT2D eigenvalue weighted by atomic mass is 10.0. The van der Waals surface area contributed by atoms with E-state index in [1.165, 1.54) is 6.07 Å². The molecular weight excluding hydrogens is 575 g/mol. The molecule has 0 radical (unpaired) electrons. The monoisotopic (exact) mass is 614 g/mol. The number of hydrogen-bond acceptors (Lipinski definition) is 8. The maximum Gasteiger partial charge on any atom is 0.256 e. The summed E-state index contributed by atoms with van der Waals surface area (Å²) in [5.41, 5.74) is 0.765. The predicted molar refractivity (Wildman–Crippen MR) is 174 cm³/mol. The first-order valence-electron chi connectivity index (χ1n) is 15.8. The summed E-state index contributed by atoms with van der Waals surface area (Å²) in [5, 5.41) is 8.10. The summed E-state index contributed by atoms with van der Waals surface area (Å²) in [6, 6.07) is 13.0. The van der Waals surface area contributed by atoms with Gasteiger partial charge in [0.05, 0.1) is 24.3 Å². The number of nitrogens with one attached hydrogen (secondary N) is 2. The summed E-state index contributed by atoms with van der Waals surface area (Å²) < 4.78 is 29.7. The van der Waals surface area contributed by atoms with E-state index in [2.05, 4.69) is 32.4 Å². The molecule has 4 heterocycles. The van der Waals surface area contributed by atoms with E-state index in [-0.39, 0.29) is 22.4 Å². The molecule has 0 unspecified atom stereocenters. The molecule has 0 spiro atoms. The molecule has 0 bridgehead atoms. The third kappa shape index (κ3) is 5.88. The Bertz CT molecular complexity index is 1800. The number of nitrogens with zero attached hydrogens (tertiary/aromatic N) is 4. The number of likely N-dealkylation sites (N-methyl/N-ethyl adjacent to an activating group) is 1. The highest BCUT2D eigenvalue weighted by Crippen LogP contribution is 2.47. The molecule has 2 N–H and O–H groups in total. The van der Waals surface area contributed by atoms with Crippen molar-refractivity contribution < 1.29 is 18.7 Å². The van der Waals surface area contributed by atoms with Gasteiger partial charge in [0.2, 0.25) is 5.43 Å². The van der Waals surface area contributed by atoms with Crippen molar-refractivity contribution in [1.29, 1.82) is 0 Å². The van der Waals surface area contributed by atoms with Crippen LogP contribution in [0.3, 0.4) is 0 Å². The Labute approximate surface area is 261 Å². The first-order valence-corrected chi connectivity index (χ1v) is 15.8. The number of morpholine rings is 1. The highest BCUT2D eigenvalue weighted by atomic mass is 19.1. The summed E-state index contributed by atoms with van der Waals surface area (Å²) in [4.78, 5) is 34.2. The summed E-state index contributed by atoms with van der Waals surface area (Å²) in [5.74, 6) is -0.276. The van der Waals surface area contributed by atoms with Gasteiger partial charge in [-0.05, 0) is 37.5 Å². The first kappa shape index (κ1) is 29.7. The summed E-state index contributed by atoms with van der Waals surface area (Å²) in [7, 11) is 2.12. The number of rotatable bonds is 9. The number of halogens is 1. The molecule has 3 aliphatic heterocycles. The molecule has 3 aromatic carbocycles. The second-order valence-corrected chi connectivity index (χ2v) is 12.1. The zero-order valence-electron chi connectivity index (χ0n) is 25.6. The highest BCUT2D eigenvalue weighted by molar-refractivity contribution is 6.03. The Balaban J connectivity index is 1.22. The van der Waals surface area contributed by atoms with Gasteiger partial charge in [-0.3, -0.25) is 14.5 Å². The molecule has 2 fully saturated rings. The number of aromatic nitrogens is 1. The topological polar surface area (TPSA) is 91.3 Å². The number of hydrogen-bond donors (Lipinski definition) is 2. The largest absolute Gasteiger partial charge is 0.450 e. The van der Waals surface area contributed by atoms with E-state index in [4.69, 9.17) is 9.47 Å². The predicted octanol–water partition coefficient (Wildman–Crippen LogP) is 3.50. The van der Waals surface area contributed by atoms with Crippen LogP contribution in [0.1, 0.15) is 16.8 Å². The van der Waals surface area contributed by atoms with Crippen LogP contribution in [0, 0.1) is 5.82 Å². The molecule has 1 amide bonds. The Morgan fingerprint density at radius 2 is 1.69 bits per heavy atom. The van der Waals surface area contributed by atoms with Crippen LogP contribution < -0.4 is 20.8 Å². The van der Waals surface area contributed by atoms with Gasteiger partial charge >= 0.3 is 0 Å². The Morgan fingerprint density at radius 3 is 2.51 bits per heavy atom. The van der Waals surface area contributed by atoms with Crippen molar-refractivity contribution in [3.63, 3.8) is 0 Å². The van der Waals surface area contributed by atoms with Crippen LogP contribution in [0.25, 0.3) is 27.4 Å². The van der Waals surface area contributed by atoms with Crippen LogP contribution in [-0.4, -0.2) is 111 Å². The second kappa shape index (κ2) is 12.8. The van der Waals surface area contributed by atoms with Gasteiger partial charge in [0.25, 0.3) is 5.91 Å². The number of amides is 1. The fourth-order valence-electron chi connectivity index (χ4n) is 6.51. The lowest BCUT2D eigenvalue weighted by molar-refractivity contribution is 0.0398. The van der Waals surface area contributed by atoms with Gasteiger partial charge in [-0.2, -0.15) is 0 Å². The van der Waals surface area contributed by atoms with Crippen LogP contribution in [-0.2, 0) is 4.74 Å². The van der Waals surface area contributed by atoms with E-state index in [1.54, 1.807) is 6.20 Å². The Morgan fingerprint density at radius 1 is 0.911 bits per heavy atom. The fourth-order valence-corrected chi connectivity index (χ4v) is 6.51. The van der Waals surface area contributed by atoms with E-state index in [0.717, 1.165) is 63.0 Å². The molecule has 11 heteroatoms. The molecule has 10 nitrogen and oxygen atoms in total. The number of ether oxygens (including phenoxy) is 2. The number of benzene rings is 3. The highest BCUT2D eigenvalue weighted by Gasteiger charge is 2.29. The number of pyridine rings is 1. The minimum atomic E-state index is -0.600. The van der Waals surface area contributed by atoms with Crippen LogP contribution in [0.2, 0.25) is 0 Å². The Kier molecular flexibility index (Phi) is 8.41. The smallest absolute Gasteiger partial charge is 0.256 e. The molecule has 4 aromatic rings. The molecule has 3 aliphatic rings. The normalized spacial score (nSPS) is 17.3. The molecule has 236 valence electrons. The Hall–Kier alpha value is -4.03. The van der Waals surface area contributed by atoms with Gasteiger partial charge in [0, 0.05) is 70.5 Å². The van der Waals surface area contributed by atoms with E-state index < -0.39 is 17.2 Å². The average molecular weight is 615 g/mol. The number of anilines is 1. The van der Waals surface area contributed by atoms with Crippen molar-refractivity contribution in [2.45, 2.75) is 6.42 Å². The van der Waals surface area contributed by atoms with Crippen LogP contribution in [0.15, 0.2) is 53.5 Å². The zero-order valence-corrected chi connectivity index (χ0v) is 25.6. The minimum Gasteiger partial charge on any atom is -0.450 e. The van der Waals surface area contributed by atoms with Crippen molar-refractivity contribution in [3.05, 3.63) is 70.3 Å². The van der Waals surface area contributed by atoms with Gasteiger partial charge in [-0.1, -0.05) is 30.3 Å². The summed E-state index contributed by atoms with van der Waals surface area (Å²) in [6.45, 7) is 9.61. The van der Waals surface area contributed by atoms with Crippen LogP contribution in [0.4, 0.5) is 10.1 Å². The lowest BCUT2D eigenvalue weighted by Crippen LogP contribution is -2.45. The number of carbonyl (C=O) groups is 1. The van der Waals surface area contributed by atoms with E-state index in [1.807, 2.05) is 41.0 Å². The van der Waals surface area contributed by atoms with Gasteiger partial charge in [0.15, 0.2) is 17.3 Å². The quantitative estimate of drug-likeness (QED) is 0.244. The number of fused-ring (bicyclic) bond motifs is 4. The van der Waals surface area contributed by atoms with Crippen molar-refractivity contribution in [2.24, 2.45) is 0 Å². The fraction of sp³-hybridized carbons (Fsp3) is 0.412. The van der Waals surface area contributed by atoms with Crippen LogP contribution >= 0.6 is 0 Å². The lowest BCUT2D eigenvalue weighted by Gasteiger charge is -2.32. The third-order valence-electron chi connectivity index (χ3n) is 9.13. The number of carbonyl (C=O) groups excluding carboxylic acids is 1. The molecule has 0 atom stereocenters. The van der Waals surface area contributed by atoms with Crippen molar-refractivity contribution in [1.82, 2.24) is 24.6 Å². The maximum absolute atomic E-state index is 15.9. The molecule has 45 heavy (non-hydrogen) atoms. The maximum atomic E-state index is 15.9. The molecule has 7 rings (SSSR count). The summed E-state index contributed by atoms with van der Waals surface area (Å²) >= 11 is 0. The van der Waals surface area contributed by atoms with Crippen molar-refractivity contribution >= 4 is 33.3 Å². The molecule has 0 saturated carbocycles. The molecule has 2 saturated heterocycles. The minimum absolute atomic E-state index is 0.0264. The van der Waals surface area contributed by atoms with Gasteiger partial charge in [-0.15, -0.1) is 0 Å². The first-order chi connectivity index (χ1) is 22.0. The zero-order chi connectivity index (χ0) is 30.9. The molecular formula is C34H39FN6O4. The average Bonchev–Trinajstić information content (AvgIpc) is 3.06. The number of piperazine rings is 1. The second-order valence-electron chi connectivity index (χ2n) is 12.1. The molecule has 1 aromatic heterocycles. The van der Waals surface area contributed by atoms with Gasteiger partial charge < -0.3 is 34.5 Å². The standard InChI is InChI=1S/C34H39FN6O4/c1-38-13-15-39(16-14-38)11-4-9-37-34(43)26-22-41-28-8-7-23-5-2-3-6-24(23)32(28)45-33-29(27(35)21-25(30(33)41)31(26)42)36-10-12-40-17-19-44-20-18-40/h2-3,5-8,21-22,36H,4,9-20H2,1H3,(H,37,43). The van der Waals surface area contributed by atoms with Gasteiger partial charge in [-0.25, -0.2) is 4.39 Å². The van der Waals surface area contributed by atoms with E-state index in [0.29, 0.717) is 49.8 Å². The van der Waals surface area contributed by atoms with Crippen molar-refractivity contribution in [3.8, 4) is 17.2 Å². The van der Waals surface area contributed by atoms with Gasteiger partial charge in [0.1, 0.15) is 16.8 Å². The van der Waals surface area contributed by atoms with Crippen LogP contribution in [0.5, 0.6) is 11.5 Å². The SMILES string of the molecule is CN1CCN(CCCNC(=O)c2cn3c4c(c(NCCN5CCOCC5)c(F)cc4c2=O)Oc2c-3ccc3ccccc23)CC1. The molecule has 0 aliphatic carbocycles.